The second kappa shape index (κ2) is 8.90. The molecule has 0 unspecified atom stereocenters. The molecule has 0 heterocycles. The van der Waals surface area contributed by atoms with Crippen LogP contribution in [-0.2, 0) is 19.1 Å². The van der Waals surface area contributed by atoms with Gasteiger partial charge >= 0.3 is 5.97 Å². The molecule has 0 spiro atoms. The number of esters is 1. The van der Waals surface area contributed by atoms with Gasteiger partial charge in [0.2, 0.25) is 5.91 Å². The van der Waals surface area contributed by atoms with Crippen molar-refractivity contribution in [3.8, 4) is 5.75 Å². The number of rotatable bonds is 7. The summed E-state index contributed by atoms with van der Waals surface area (Å²) in [5.74, 6) is -0.799. The predicted octanol–water partition coefficient (Wildman–Crippen LogP) is 0.738. The number of hydrogen-bond donors (Lipinski definition) is 1. The molecule has 0 saturated carbocycles. The molecular formula is C17H24N2O5. The molecule has 2 amide bonds. The van der Waals surface area contributed by atoms with Crippen LogP contribution in [0.4, 0.5) is 0 Å². The van der Waals surface area contributed by atoms with Crippen molar-refractivity contribution in [1.82, 2.24) is 10.2 Å². The van der Waals surface area contributed by atoms with E-state index in [1.165, 1.54) is 4.90 Å². The lowest BCUT2D eigenvalue weighted by Crippen LogP contribution is -2.38. The number of carbonyl (C=O) groups excluding carboxylic acids is 3. The number of nitrogens with zero attached hydrogens (tertiary/aromatic N) is 1. The molecule has 7 heteroatoms. The molecule has 0 aromatic heterocycles. The maximum atomic E-state index is 11.7. The highest BCUT2D eigenvalue weighted by atomic mass is 16.6. The Morgan fingerprint density at radius 2 is 1.62 bits per heavy atom. The Kier molecular flexibility index (Phi) is 7.23. The lowest BCUT2D eigenvalue weighted by molar-refractivity contribution is -0.150. The van der Waals surface area contributed by atoms with E-state index in [4.69, 9.17) is 9.47 Å². The first-order valence-corrected chi connectivity index (χ1v) is 7.53. The lowest BCUT2D eigenvalue weighted by atomic mass is 10.1. The fourth-order valence-corrected chi connectivity index (χ4v) is 2.10. The van der Waals surface area contributed by atoms with Gasteiger partial charge in [-0.1, -0.05) is 17.7 Å². The third-order valence-corrected chi connectivity index (χ3v) is 3.24. The molecule has 1 aromatic rings. The third-order valence-electron chi connectivity index (χ3n) is 3.24. The standard InChI is InChI=1S/C17H24N2O5/c1-11-6-12(2)17(13(3)7-11)24-10-16(22)23-9-14(20)18-8-15(21)19(4)5/h6-7H,8-10H2,1-5H3,(H,18,20). The fraction of sp³-hybridized carbons (Fsp3) is 0.471. The van der Waals surface area contributed by atoms with Crippen LogP contribution >= 0.6 is 0 Å². The smallest absolute Gasteiger partial charge is 0.344 e. The van der Waals surface area contributed by atoms with Crippen molar-refractivity contribution in [3.63, 3.8) is 0 Å². The van der Waals surface area contributed by atoms with Gasteiger partial charge in [0.1, 0.15) is 5.75 Å². The van der Waals surface area contributed by atoms with Crippen LogP contribution in [0.1, 0.15) is 16.7 Å². The minimum absolute atomic E-state index is 0.137. The third kappa shape index (κ3) is 6.28. The van der Waals surface area contributed by atoms with Crippen molar-refractivity contribution in [1.29, 1.82) is 0 Å². The molecule has 0 radical (unpaired) electrons. The van der Waals surface area contributed by atoms with Gasteiger partial charge in [0.05, 0.1) is 6.54 Å². The summed E-state index contributed by atoms with van der Waals surface area (Å²) < 4.78 is 10.3. The second-order valence-electron chi connectivity index (χ2n) is 5.74. The topological polar surface area (TPSA) is 84.9 Å². The molecular weight excluding hydrogens is 312 g/mol. The molecule has 1 aromatic carbocycles. The first-order chi connectivity index (χ1) is 11.2. The predicted molar refractivity (Wildman–Crippen MR) is 88.8 cm³/mol. The van der Waals surface area contributed by atoms with E-state index in [1.54, 1.807) is 14.1 Å². The summed E-state index contributed by atoms with van der Waals surface area (Å²) in [5.41, 5.74) is 2.98. The summed E-state index contributed by atoms with van der Waals surface area (Å²) in [4.78, 5) is 35.8. The number of aryl methyl sites for hydroxylation is 3. The summed E-state index contributed by atoms with van der Waals surface area (Å²) in [7, 11) is 3.17. The van der Waals surface area contributed by atoms with Gasteiger partial charge in [-0.2, -0.15) is 0 Å². The van der Waals surface area contributed by atoms with Crippen LogP contribution in [0.25, 0.3) is 0 Å². The van der Waals surface area contributed by atoms with Gasteiger partial charge in [-0.3, -0.25) is 9.59 Å². The van der Waals surface area contributed by atoms with Crippen LogP contribution in [0.5, 0.6) is 5.75 Å². The van der Waals surface area contributed by atoms with Crippen molar-refractivity contribution in [2.45, 2.75) is 20.8 Å². The van der Waals surface area contributed by atoms with Gasteiger partial charge in [-0.05, 0) is 31.9 Å². The zero-order valence-corrected chi connectivity index (χ0v) is 14.8. The van der Waals surface area contributed by atoms with Crippen LogP contribution in [0.2, 0.25) is 0 Å². The van der Waals surface area contributed by atoms with E-state index < -0.39 is 18.5 Å². The number of benzene rings is 1. The highest BCUT2D eigenvalue weighted by Gasteiger charge is 2.12. The molecule has 24 heavy (non-hydrogen) atoms. The van der Waals surface area contributed by atoms with E-state index in [9.17, 15) is 14.4 Å². The summed E-state index contributed by atoms with van der Waals surface area (Å²) >= 11 is 0. The second-order valence-corrected chi connectivity index (χ2v) is 5.74. The molecule has 0 atom stereocenters. The fourth-order valence-electron chi connectivity index (χ4n) is 2.10. The average molecular weight is 336 g/mol. The quantitative estimate of drug-likeness (QED) is 0.742. The summed E-state index contributed by atoms with van der Waals surface area (Å²) in [5, 5.41) is 2.37. The van der Waals surface area contributed by atoms with E-state index in [-0.39, 0.29) is 19.1 Å². The number of amides is 2. The monoisotopic (exact) mass is 336 g/mol. The van der Waals surface area contributed by atoms with E-state index in [0.29, 0.717) is 5.75 Å². The van der Waals surface area contributed by atoms with Gasteiger partial charge in [0.15, 0.2) is 13.2 Å². The normalized spacial score (nSPS) is 10.0. The maximum Gasteiger partial charge on any atom is 0.344 e. The van der Waals surface area contributed by atoms with Crippen LogP contribution < -0.4 is 10.1 Å². The van der Waals surface area contributed by atoms with Gasteiger partial charge in [0, 0.05) is 14.1 Å². The van der Waals surface area contributed by atoms with Crippen LogP contribution in [0.15, 0.2) is 12.1 Å². The van der Waals surface area contributed by atoms with Crippen molar-refractivity contribution in [2.75, 3.05) is 33.9 Å². The lowest BCUT2D eigenvalue weighted by Gasteiger charge is -2.13. The van der Waals surface area contributed by atoms with E-state index in [0.717, 1.165) is 16.7 Å². The van der Waals surface area contributed by atoms with Crippen LogP contribution in [-0.4, -0.2) is 56.5 Å². The molecule has 0 aliphatic carbocycles. The molecule has 0 bridgehead atoms. The Balaban J connectivity index is 2.37. The summed E-state index contributed by atoms with van der Waals surface area (Å²) in [6, 6.07) is 3.92. The molecule has 1 rings (SSSR count). The maximum absolute atomic E-state index is 11.7. The highest BCUT2D eigenvalue weighted by molar-refractivity contribution is 5.86. The molecule has 0 aliphatic rings. The van der Waals surface area contributed by atoms with E-state index in [2.05, 4.69) is 5.32 Å². The molecule has 0 fully saturated rings. The van der Waals surface area contributed by atoms with Crippen molar-refractivity contribution in [3.05, 3.63) is 28.8 Å². The first-order valence-electron chi connectivity index (χ1n) is 7.53. The Hall–Kier alpha value is -2.57. The van der Waals surface area contributed by atoms with Crippen LogP contribution in [0, 0.1) is 20.8 Å². The van der Waals surface area contributed by atoms with Crippen molar-refractivity contribution in [2.24, 2.45) is 0 Å². The number of ether oxygens (including phenoxy) is 2. The van der Waals surface area contributed by atoms with Gasteiger partial charge in [0.25, 0.3) is 5.91 Å². The summed E-state index contributed by atoms with van der Waals surface area (Å²) in [6.07, 6.45) is 0. The Labute approximate surface area is 141 Å². The van der Waals surface area contributed by atoms with E-state index in [1.807, 2.05) is 32.9 Å². The minimum atomic E-state index is -0.650. The van der Waals surface area contributed by atoms with Crippen molar-refractivity contribution >= 4 is 17.8 Å². The van der Waals surface area contributed by atoms with Gasteiger partial charge < -0.3 is 19.7 Å². The average Bonchev–Trinajstić information content (AvgIpc) is 2.49. The van der Waals surface area contributed by atoms with E-state index >= 15 is 0 Å². The molecule has 0 aliphatic heterocycles. The SMILES string of the molecule is Cc1cc(C)c(OCC(=O)OCC(=O)NCC(=O)N(C)C)c(C)c1. The molecule has 0 saturated heterocycles. The molecule has 1 N–H and O–H groups in total. The highest BCUT2D eigenvalue weighted by Crippen LogP contribution is 2.24. The molecule has 132 valence electrons. The number of hydrogen-bond acceptors (Lipinski definition) is 5. The number of likely N-dealkylation sites (N-methyl/N-ethyl adjacent to an activating group) is 1. The van der Waals surface area contributed by atoms with Gasteiger partial charge in [-0.15, -0.1) is 0 Å². The largest absolute Gasteiger partial charge is 0.481 e. The summed E-state index contributed by atoms with van der Waals surface area (Å²) in [6.45, 7) is 4.91. The Morgan fingerprint density at radius 3 is 2.17 bits per heavy atom. The Bertz CT molecular complexity index is 602. The zero-order chi connectivity index (χ0) is 18.3. The van der Waals surface area contributed by atoms with Crippen molar-refractivity contribution < 1.29 is 23.9 Å². The number of nitrogens with one attached hydrogen (secondary N) is 1. The van der Waals surface area contributed by atoms with Gasteiger partial charge in [-0.25, -0.2) is 4.79 Å². The zero-order valence-electron chi connectivity index (χ0n) is 14.8. The molecule has 7 nitrogen and oxygen atoms in total. The van der Waals surface area contributed by atoms with Crippen LogP contribution in [0.3, 0.4) is 0 Å². The Morgan fingerprint density at radius 1 is 1.04 bits per heavy atom. The first kappa shape index (κ1) is 19.5. The number of carbonyl (C=O) groups is 3. The minimum Gasteiger partial charge on any atom is -0.481 e.